The van der Waals surface area contributed by atoms with Gasteiger partial charge in [-0.25, -0.2) is 4.39 Å². The average Bonchev–Trinajstić information content (AvgIpc) is 2.32. The lowest BCUT2D eigenvalue weighted by Gasteiger charge is -2.35. The van der Waals surface area contributed by atoms with Gasteiger partial charge < -0.3 is 4.90 Å². The first kappa shape index (κ1) is 12.7. The summed E-state index contributed by atoms with van der Waals surface area (Å²) < 4.78 is 13.1. The highest BCUT2D eigenvalue weighted by molar-refractivity contribution is 5.98. The van der Waals surface area contributed by atoms with Crippen molar-refractivity contribution in [2.45, 2.75) is 20.3 Å². The topological polar surface area (TPSA) is 37.4 Å². The first-order valence-electron chi connectivity index (χ1n) is 5.98. The maximum atomic E-state index is 13.1. The van der Waals surface area contributed by atoms with E-state index in [0.717, 1.165) is 0 Å². The van der Waals surface area contributed by atoms with Gasteiger partial charge >= 0.3 is 0 Å². The number of hydrogen-bond donors (Lipinski definition) is 0. The van der Waals surface area contributed by atoms with Crippen LogP contribution in [0.3, 0.4) is 0 Å². The lowest BCUT2D eigenvalue weighted by molar-refractivity contribution is -0.130. The van der Waals surface area contributed by atoms with E-state index >= 15 is 0 Å². The largest absolute Gasteiger partial charge is 0.331 e. The Bertz CT molecular complexity index is 496. The van der Waals surface area contributed by atoms with Crippen molar-refractivity contribution in [1.29, 1.82) is 0 Å². The van der Waals surface area contributed by atoms with E-state index in [1.54, 1.807) is 6.07 Å². The van der Waals surface area contributed by atoms with Gasteiger partial charge in [0.15, 0.2) is 5.78 Å². The van der Waals surface area contributed by atoms with Gasteiger partial charge in [0.05, 0.1) is 6.54 Å². The van der Waals surface area contributed by atoms with Crippen molar-refractivity contribution < 1.29 is 14.0 Å². The summed E-state index contributed by atoms with van der Waals surface area (Å²) in [5.74, 6) is -0.665. The normalized spacial score (nSPS) is 18.8. The fraction of sp³-hybridized carbons (Fsp3) is 0.429. The molecule has 0 radical (unpaired) electrons. The Balaban J connectivity index is 2.14. The molecule has 0 aromatic heterocycles. The number of piperidine rings is 1. The van der Waals surface area contributed by atoms with Gasteiger partial charge in [-0.3, -0.25) is 9.59 Å². The fourth-order valence-electron chi connectivity index (χ4n) is 2.00. The van der Waals surface area contributed by atoms with Crippen molar-refractivity contribution in [3.8, 4) is 0 Å². The zero-order chi connectivity index (χ0) is 13.3. The second-order valence-corrected chi connectivity index (χ2v) is 5.29. The van der Waals surface area contributed by atoms with Crippen LogP contribution in [0.4, 0.5) is 4.39 Å². The van der Waals surface area contributed by atoms with Gasteiger partial charge in [0.25, 0.3) is 5.91 Å². The molecular formula is C14H16FNO2. The van der Waals surface area contributed by atoms with Crippen molar-refractivity contribution in [2.24, 2.45) is 5.41 Å². The molecule has 3 nitrogen and oxygen atoms in total. The molecule has 0 atom stereocenters. The minimum Gasteiger partial charge on any atom is -0.331 e. The summed E-state index contributed by atoms with van der Waals surface area (Å²) in [4.78, 5) is 25.5. The molecule has 0 N–H and O–H groups in total. The highest BCUT2D eigenvalue weighted by Crippen LogP contribution is 2.27. The molecule has 1 fully saturated rings. The van der Waals surface area contributed by atoms with Crippen LogP contribution in [0.1, 0.15) is 30.6 Å². The summed E-state index contributed by atoms with van der Waals surface area (Å²) in [6.45, 7) is 4.43. The number of benzene rings is 1. The van der Waals surface area contributed by atoms with Crippen LogP contribution in [0.2, 0.25) is 0 Å². The molecule has 2 rings (SSSR count). The summed E-state index contributed by atoms with van der Waals surface area (Å²) in [6, 6.07) is 5.56. The number of carbonyl (C=O) groups is 2. The minimum absolute atomic E-state index is 0.0542. The predicted molar refractivity (Wildman–Crippen MR) is 65.7 cm³/mol. The summed E-state index contributed by atoms with van der Waals surface area (Å²) >= 11 is 0. The molecule has 1 aliphatic heterocycles. The number of nitrogens with zero attached hydrogens (tertiary/aromatic N) is 1. The molecule has 96 valence electrons. The summed E-state index contributed by atoms with van der Waals surface area (Å²) in [6.07, 6.45) is 0.646. The van der Waals surface area contributed by atoms with Crippen LogP contribution in [-0.2, 0) is 4.79 Å². The van der Waals surface area contributed by atoms with Gasteiger partial charge in [0.1, 0.15) is 5.82 Å². The van der Waals surface area contributed by atoms with Gasteiger partial charge in [-0.2, -0.15) is 0 Å². The number of likely N-dealkylation sites (tertiary alicyclic amines) is 1. The Morgan fingerprint density at radius 1 is 1.39 bits per heavy atom. The third-order valence-electron chi connectivity index (χ3n) is 3.45. The molecule has 0 aliphatic carbocycles. The van der Waals surface area contributed by atoms with Crippen LogP contribution in [0.5, 0.6) is 0 Å². The second-order valence-electron chi connectivity index (χ2n) is 5.29. The lowest BCUT2D eigenvalue weighted by atomic mass is 9.81. The summed E-state index contributed by atoms with van der Waals surface area (Å²) in [5.41, 5.74) is -0.0684. The molecule has 1 aliphatic rings. The molecule has 1 saturated heterocycles. The number of halogens is 1. The lowest BCUT2D eigenvalue weighted by Crippen LogP contribution is -2.47. The quantitative estimate of drug-likeness (QED) is 0.765. The van der Waals surface area contributed by atoms with E-state index in [-0.39, 0.29) is 23.7 Å². The Morgan fingerprint density at radius 2 is 2.11 bits per heavy atom. The molecule has 1 heterocycles. The van der Waals surface area contributed by atoms with E-state index in [1.807, 2.05) is 13.8 Å². The number of ketones is 1. The Kier molecular flexibility index (Phi) is 3.20. The van der Waals surface area contributed by atoms with Crippen molar-refractivity contribution >= 4 is 11.7 Å². The number of Topliss-reactive ketones (excluding diaryl/α,β-unsaturated/α-hetero) is 1. The zero-order valence-electron chi connectivity index (χ0n) is 10.6. The predicted octanol–water partition coefficient (Wildman–Crippen LogP) is 2.27. The Hall–Kier alpha value is -1.71. The standard InChI is InChI=1S/C14H16FNO2/c1-14(2)6-7-16(9-12(14)17)13(18)10-4-3-5-11(15)8-10/h3-5,8H,6-7,9H2,1-2H3. The maximum Gasteiger partial charge on any atom is 0.254 e. The minimum atomic E-state index is -0.440. The van der Waals surface area contributed by atoms with Crippen LogP contribution in [-0.4, -0.2) is 29.7 Å². The van der Waals surface area contributed by atoms with E-state index in [9.17, 15) is 14.0 Å². The maximum absolute atomic E-state index is 13.1. The average molecular weight is 249 g/mol. The van der Waals surface area contributed by atoms with Crippen LogP contribution in [0.15, 0.2) is 24.3 Å². The fourth-order valence-corrected chi connectivity index (χ4v) is 2.00. The van der Waals surface area contributed by atoms with Crippen LogP contribution in [0, 0.1) is 11.2 Å². The number of hydrogen-bond acceptors (Lipinski definition) is 2. The monoisotopic (exact) mass is 249 g/mol. The first-order valence-corrected chi connectivity index (χ1v) is 5.98. The molecule has 1 aromatic carbocycles. The van der Waals surface area contributed by atoms with Gasteiger partial charge in [-0.15, -0.1) is 0 Å². The van der Waals surface area contributed by atoms with Crippen molar-refractivity contribution in [3.63, 3.8) is 0 Å². The second kappa shape index (κ2) is 4.52. The van der Waals surface area contributed by atoms with Crippen molar-refractivity contribution in [2.75, 3.05) is 13.1 Å². The summed E-state index contributed by atoms with van der Waals surface area (Å²) in [5, 5.41) is 0. The number of carbonyl (C=O) groups excluding carboxylic acids is 2. The van der Waals surface area contributed by atoms with E-state index in [1.165, 1.54) is 23.1 Å². The van der Waals surface area contributed by atoms with Gasteiger partial charge in [-0.1, -0.05) is 19.9 Å². The molecular weight excluding hydrogens is 233 g/mol. The number of rotatable bonds is 1. The molecule has 1 amide bonds. The highest BCUT2D eigenvalue weighted by atomic mass is 19.1. The van der Waals surface area contributed by atoms with E-state index in [2.05, 4.69) is 0 Å². The van der Waals surface area contributed by atoms with Crippen LogP contribution >= 0.6 is 0 Å². The Labute approximate surface area is 106 Å². The third kappa shape index (κ3) is 2.42. The summed E-state index contributed by atoms with van der Waals surface area (Å²) in [7, 11) is 0. The van der Waals surface area contributed by atoms with Crippen LogP contribution in [0.25, 0.3) is 0 Å². The number of amides is 1. The van der Waals surface area contributed by atoms with E-state index < -0.39 is 5.82 Å². The van der Waals surface area contributed by atoms with Gasteiger partial charge in [-0.05, 0) is 24.6 Å². The first-order chi connectivity index (χ1) is 8.40. The molecule has 4 heteroatoms. The van der Waals surface area contributed by atoms with Gasteiger partial charge in [0.2, 0.25) is 0 Å². The third-order valence-corrected chi connectivity index (χ3v) is 3.45. The molecule has 0 unspecified atom stereocenters. The van der Waals surface area contributed by atoms with Gasteiger partial charge in [0, 0.05) is 17.5 Å². The van der Waals surface area contributed by atoms with E-state index in [4.69, 9.17) is 0 Å². The smallest absolute Gasteiger partial charge is 0.254 e. The highest BCUT2D eigenvalue weighted by Gasteiger charge is 2.35. The molecule has 0 bridgehead atoms. The molecule has 0 spiro atoms. The molecule has 1 aromatic rings. The zero-order valence-corrected chi connectivity index (χ0v) is 10.6. The molecule has 18 heavy (non-hydrogen) atoms. The van der Waals surface area contributed by atoms with Crippen molar-refractivity contribution in [1.82, 2.24) is 4.90 Å². The Morgan fingerprint density at radius 3 is 2.72 bits per heavy atom. The van der Waals surface area contributed by atoms with E-state index in [0.29, 0.717) is 18.5 Å². The van der Waals surface area contributed by atoms with Crippen molar-refractivity contribution in [3.05, 3.63) is 35.6 Å². The van der Waals surface area contributed by atoms with Crippen LogP contribution < -0.4 is 0 Å². The molecule has 0 saturated carbocycles. The SMILES string of the molecule is CC1(C)CCN(C(=O)c2cccc(F)c2)CC1=O.